The Labute approximate surface area is 152 Å². The Morgan fingerprint density at radius 1 is 1.08 bits per heavy atom. The number of fused-ring (bicyclic) bond motifs is 1. The van der Waals surface area contributed by atoms with E-state index in [2.05, 4.69) is 4.98 Å². The lowest BCUT2D eigenvalue weighted by Gasteiger charge is -2.27. The quantitative estimate of drug-likeness (QED) is 0.750. The summed E-state index contributed by atoms with van der Waals surface area (Å²) in [5, 5.41) is 0. The third kappa shape index (κ3) is 3.49. The monoisotopic (exact) mass is 351 g/mol. The lowest BCUT2D eigenvalue weighted by Crippen LogP contribution is -2.39. The largest absolute Gasteiger partial charge is 0.336 e. The van der Waals surface area contributed by atoms with Crippen molar-refractivity contribution in [1.29, 1.82) is 0 Å². The molecule has 1 aromatic heterocycles. The fourth-order valence-corrected chi connectivity index (χ4v) is 3.04. The van der Waals surface area contributed by atoms with Crippen LogP contribution in [-0.4, -0.2) is 45.1 Å². The number of amides is 3. The Hall–Kier alpha value is -3.02. The van der Waals surface area contributed by atoms with E-state index < -0.39 is 0 Å². The van der Waals surface area contributed by atoms with Crippen LogP contribution in [-0.2, 0) is 11.3 Å². The van der Waals surface area contributed by atoms with E-state index in [9.17, 15) is 14.4 Å². The van der Waals surface area contributed by atoms with Gasteiger partial charge < -0.3 is 4.90 Å². The molecule has 0 saturated carbocycles. The molecule has 3 amide bonds. The van der Waals surface area contributed by atoms with Crippen molar-refractivity contribution in [1.82, 2.24) is 14.8 Å². The maximum Gasteiger partial charge on any atom is 0.261 e. The van der Waals surface area contributed by atoms with E-state index in [1.54, 1.807) is 41.6 Å². The molecule has 6 heteroatoms. The van der Waals surface area contributed by atoms with Crippen LogP contribution in [0.4, 0.5) is 0 Å². The van der Waals surface area contributed by atoms with Crippen molar-refractivity contribution in [2.75, 3.05) is 6.54 Å². The zero-order valence-corrected chi connectivity index (χ0v) is 14.9. The van der Waals surface area contributed by atoms with Gasteiger partial charge in [0.15, 0.2) is 0 Å². The van der Waals surface area contributed by atoms with Crippen LogP contribution in [0.5, 0.6) is 0 Å². The van der Waals surface area contributed by atoms with E-state index in [4.69, 9.17) is 0 Å². The number of benzene rings is 1. The highest BCUT2D eigenvalue weighted by molar-refractivity contribution is 6.21. The molecule has 0 aliphatic carbocycles. The molecule has 3 rings (SSSR count). The summed E-state index contributed by atoms with van der Waals surface area (Å²) >= 11 is 0. The molecule has 1 aliphatic rings. The Bertz CT molecular complexity index is 798. The Kier molecular flexibility index (Phi) is 5.11. The number of imide groups is 1. The van der Waals surface area contributed by atoms with Crippen molar-refractivity contribution < 1.29 is 14.4 Å². The van der Waals surface area contributed by atoms with Gasteiger partial charge >= 0.3 is 0 Å². The van der Waals surface area contributed by atoms with Crippen molar-refractivity contribution in [3.8, 4) is 0 Å². The molecule has 0 unspecified atom stereocenters. The molecular weight excluding hydrogens is 330 g/mol. The minimum atomic E-state index is -0.332. The summed E-state index contributed by atoms with van der Waals surface area (Å²) < 4.78 is 0. The molecule has 1 aliphatic heterocycles. The number of carbonyl (C=O) groups is 3. The van der Waals surface area contributed by atoms with Gasteiger partial charge in [0, 0.05) is 37.9 Å². The first-order chi connectivity index (χ1) is 12.5. The number of aromatic nitrogens is 1. The lowest BCUT2D eigenvalue weighted by atomic mass is 10.1. The molecule has 1 aromatic carbocycles. The minimum Gasteiger partial charge on any atom is -0.336 e. The van der Waals surface area contributed by atoms with Gasteiger partial charge in [-0.05, 0) is 37.6 Å². The standard InChI is InChI=1S/C20H21N3O3/c1-14(2)23(13-15-6-5-10-21-12-15)18(24)9-11-22-19(25)16-7-3-4-8-17(16)20(22)26/h3-8,10,12,14H,9,11,13H2,1-2H3. The van der Waals surface area contributed by atoms with Gasteiger partial charge in [-0.25, -0.2) is 0 Å². The predicted octanol–water partition coefficient (Wildman–Crippen LogP) is 2.50. The van der Waals surface area contributed by atoms with E-state index in [-0.39, 0.29) is 36.7 Å². The molecule has 0 bridgehead atoms. The van der Waals surface area contributed by atoms with Crippen molar-refractivity contribution in [3.63, 3.8) is 0 Å². The first-order valence-electron chi connectivity index (χ1n) is 8.62. The maximum absolute atomic E-state index is 12.7. The molecular formula is C20H21N3O3. The van der Waals surface area contributed by atoms with Gasteiger partial charge in [-0.15, -0.1) is 0 Å². The number of rotatable bonds is 6. The molecule has 0 fully saturated rings. The second-order valence-corrected chi connectivity index (χ2v) is 6.53. The average Bonchev–Trinajstić information content (AvgIpc) is 2.89. The van der Waals surface area contributed by atoms with E-state index >= 15 is 0 Å². The normalized spacial score (nSPS) is 13.3. The number of carbonyl (C=O) groups excluding carboxylic acids is 3. The molecule has 0 spiro atoms. The highest BCUT2D eigenvalue weighted by atomic mass is 16.2. The third-order valence-electron chi connectivity index (χ3n) is 4.45. The topological polar surface area (TPSA) is 70.6 Å². The maximum atomic E-state index is 12.7. The molecule has 2 aromatic rings. The number of hydrogen-bond donors (Lipinski definition) is 0. The summed E-state index contributed by atoms with van der Waals surface area (Å²) in [6.07, 6.45) is 3.52. The van der Waals surface area contributed by atoms with Gasteiger partial charge in [0.25, 0.3) is 11.8 Å². The van der Waals surface area contributed by atoms with E-state index in [1.807, 2.05) is 26.0 Å². The number of hydrogen-bond acceptors (Lipinski definition) is 4. The summed E-state index contributed by atoms with van der Waals surface area (Å²) in [6.45, 7) is 4.42. The van der Waals surface area contributed by atoms with Crippen LogP contribution in [0.25, 0.3) is 0 Å². The van der Waals surface area contributed by atoms with Crippen LogP contribution in [0.1, 0.15) is 46.5 Å². The van der Waals surface area contributed by atoms with E-state index in [0.717, 1.165) is 10.5 Å². The predicted molar refractivity (Wildman–Crippen MR) is 96.3 cm³/mol. The lowest BCUT2D eigenvalue weighted by molar-refractivity contribution is -0.133. The summed E-state index contributed by atoms with van der Waals surface area (Å²) in [4.78, 5) is 44.4. The molecule has 6 nitrogen and oxygen atoms in total. The van der Waals surface area contributed by atoms with Crippen molar-refractivity contribution in [2.45, 2.75) is 32.9 Å². The third-order valence-corrected chi connectivity index (χ3v) is 4.45. The molecule has 2 heterocycles. The number of nitrogens with zero attached hydrogens (tertiary/aromatic N) is 3. The molecule has 134 valence electrons. The van der Waals surface area contributed by atoms with Gasteiger partial charge in [0.2, 0.25) is 5.91 Å². The average molecular weight is 351 g/mol. The highest BCUT2D eigenvalue weighted by Gasteiger charge is 2.35. The van der Waals surface area contributed by atoms with E-state index in [1.165, 1.54) is 0 Å². The highest BCUT2D eigenvalue weighted by Crippen LogP contribution is 2.22. The summed E-state index contributed by atoms with van der Waals surface area (Å²) in [6, 6.07) is 10.5. The van der Waals surface area contributed by atoms with Crippen molar-refractivity contribution in [2.24, 2.45) is 0 Å². The van der Waals surface area contributed by atoms with Gasteiger partial charge in [0.1, 0.15) is 0 Å². The number of pyridine rings is 1. The van der Waals surface area contributed by atoms with Crippen LogP contribution in [0, 0.1) is 0 Å². The summed E-state index contributed by atoms with van der Waals surface area (Å²) in [7, 11) is 0. The van der Waals surface area contributed by atoms with Gasteiger partial charge in [0.05, 0.1) is 11.1 Å². The van der Waals surface area contributed by atoms with Crippen LogP contribution in [0.15, 0.2) is 48.8 Å². The zero-order chi connectivity index (χ0) is 18.7. The van der Waals surface area contributed by atoms with Crippen LogP contribution in [0.3, 0.4) is 0 Å². The van der Waals surface area contributed by atoms with Gasteiger partial charge in [-0.3, -0.25) is 24.3 Å². The van der Waals surface area contributed by atoms with Crippen LogP contribution >= 0.6 is 0 Å². The van der Waals surface area contributed by atoms with Crippen molar-refractivity contribution >= 4 is 17.7 Å². The molecule has 0 N–H and O–H groups in total. The molecule has 0 atom stereocenters. The fourth-order valence-electron chi connectivity index (χ4n) is 3.04. The van der Waals surface area contributed by atoms with Gasteiger partial charge in [-0.2, -0.15) is 0 Å². The first-order valence-corrected chi connectivity index (χ1v) is 8.62. The van der Waals surface area contributed by atoms with E-state index in [0.29, 0.717) is 17.7 Å². The second kappa shape index (κ2) is 7.47. The second-order valence-electron chi connectivity index (χ2n) is 6.53. The Balaban J connectivity index is 1.66. The smallest absolute Gasteiger partial charge is 0.261 e. The van der Waals surface area contributed by atoms with Crippen molar-refractivity contribution in [3.05, 3.63) is 65.5 Å². The minimum absolute atomic E-state index is 0.00452. The van der Waals surface area contributed by atoms with Gasteiger partial charge in [-0.1, -0.05) is 18.2 Å². The summed E-state index contributed by atoms with van der Waals surface area (Å²) in [5.74, 6) is -0.760. The van der Waals surface area contributed by atoms with Crippen LogP contribution < -0.4 is 0 Å². The van der Waals surface area contributed by atoms with Crippen LogP contribution in [0.2, 0.25) is 0 Å². The molecule has 26 heavy (non-hydrogen) atoms. The molecule has 0 radical (unpaired) electrons. The molecule has 0 saturated heterocycles. The zero-order valence-electron chi connectivity index (χ0n) is 14.9. The SMILES string of the molecule is CC(C)N(Cc1cccnc1)C(=O)CCN1C(=O)c2ccccc2C1=O. The Morgan fingerprint density at radius 3 is 2.27 bits per heavy atom. The first kappa shape index (κ1) is 17.8. The summed E-state index contributed by atoms with van der Waals surface area (Å²) in [5.41, 5.74) is 1.75. The fraction of sp³-hybridized carbons (Fsp3) is 0.300. The Morgan fingerprint density at radius 2 is 1.73 bits per heavy atom.